The molecule has 0 aliphatic carbocycles. The molecule has 1 fully saturated rings. The van der Waals surface area contributed by atoms with Crippen molar-refractivity contribution < 1.29 is 4.79 Å². The van der Waals surface area contributed by atoms with E-state index in [0.717, 1.165) is 34.9 Å². The maximum atomic E-state index is 12.1. The standard InChI is InChI=1S/C21H20N2O.C19H27N3/c1-23(2)18-13-11-16(12-14-18)7-6-10-19-20(24)15-22-21(19)17-8-4-3-5-9-17;1-15-19(16(2)22(6)14-21(15)5)9-7-8-17-10-12-18(13-11-17)20(3)4/h3-14H,15H2,1-2H3;7-13,16H,1,14H2,2-6H3/b7-6+,19-10-;8-7+,19-9+. The molecule has 238 valence electrons. The summed E-state index contributed by atoms with van der Waals surface area (Å²) in [6, 6.07) is 27.1. The smallest absolute Gasteiger partial charge is 0.186 e. The molecule has 0 spiro atoms. The molecule has 2 aliphatic heterocycles. The molecule has 0 amide bonds. The molecule has 0 saturated carbocycles. The van der Waals surface area contributed by atoms with E-state index in [0.29, 0.717) is 11.6 Å². The van der Waals surface area contributed by atoms with Crippen molar-refractivity contribution in [3.63, 3.8) is 0 Å². The molecule has 1 atom stereocenters. The summed E-state index contributed by atoms with van der Waals surface area (Å²) in [5.41, 5.74) is 9.52. The molecule has 0 aromatic heterocycles. The fraction of sp³-hybridized carbons (Fsp3) is 0.250. The van der Waals surface area contributed by atoms with Crippen molar-refractivity contribution in [1.82, 2.24) is 9.80 Å². The van der Waals surface area contributed by atoms with Crippen LogP contribution in [-0.4, -0.2) is 82.8 Å². The number of carbonyl (C=O) groups excluding carboxylic acids is 1. The third kappa shape index (κ3) is 8.83. The topological polar surface area (TPSA) is 42.4 Å². The largest absolute Gasteiger partial charge is 0.378 e. The van der Waals surface area contributed by atoms with E-state index in [-0.39, 0.29) is 12.3 Å². The summed E-state index contributed by atoms with van der Waals surface area (Å²) in [5.74, 6) is 0.0708. The van der Waals surface area contributed by atoms with Crippen LogP contribution in [0.1, 0.15) is 23.6 Å². The minimum atomic E-state index is 0.0708. The third-order valence-electron chi connectivity index (χ3n) is 8.26. The van der Waals surface area contributed by atoms with Crippen LogP contribution in [0.5, 0.6) is 0 Å². The van der Waals surface area contributed by atoms with E-state index in [2.05, 4.69) is 133 Å². The van der Waals surface area contributed by atoms with Crippen molar-refractivity contribution >= 4 is 35.0 Å². The Morgan fingerprint density at radius 1 is 0.783 bits per heavy atom. The van der Waals surface area contributed by atoms with Crippen LogP contribution in [0, 0.1) is 0 Å². The molecule has 2 heterocycles. The second-order valence-electron chi connectivity index (χ2n) is 12.1. The van der Waals surface area contributed by atoms with E-state index in [4.69, 9.17) is 0 Å². The van der Waals surface area contributed by atoms with Gasteiger partial charge in [-0.25, -0.2) is 0 Å². The molecule has 3 aromatic carbocycles. The number of benzene rings is 3. The first-order valence-corrected chi connectivity index (χ1v) is 15.6. The van der Waals surface area contributed by atoms with Crippen LogP contribution in [0.2, 0.25) is 0 Å². The average Bonchev–Trinajstić information content (AvgIpc) is 3.42. The van der Waals surface area contributed by atoms with Crippen molar-refractivity contribution in [3.8, 4) is 0 Å². The fourth-order valence-electron chi connectivity index (χ4n) is 5.23. The van der Waals surface area contributed by atoms with Gasteiger partial charge in [-0.2, -0.15) is 0 Å². The van der Waals surface area contributed by atoms with Gasteiger partial charge in [-0.15, -0.1) is 0 Å². The quantitative estimate of drug-likeness (QED) is 0.264. The number of carbonyl (C=O) groups is 1. The van der Waals surface area contributed by atoms with Gasteiger partial charge < -0.3 is 14.7 Å². The molecule has 2 aliphatic rings. The van der Waals surface area contributed by atoms with Crippen molar-refractivity contribution in [2.45, 2.75) is 13.0 Å². The Hall–Kier alpha value is -4.94. The normalized spacial score (nSPS) is 18.8. The highest BCUT2D eigenvalue weighted by atomic mass is 16.1. The minimum Gasteiger partial charge on any atom is -0.378 e. The molecule has 1 unspecified atom stereocenters. The molecule has 6 nitrogen and oxygen atoms in total. The molecular formula is C40H47N5O. The van der Waals surface area contributed by atoms with Crippen molar-refractivity contribution in [1.29, 1.82) is 0 Å². The van der Waals surface area contributed by atoms with Gasteiger partial charge >= 0.3 is 0 Å². The number of anilines is 2. The number of nitrogens with zero attached hydrogens (tertiary/aromatic N) is 5. The maximum absolute atomic E-state index is 12.1. The van der Waals surface area contributed by atoms with E-state index in [1.165, 1.54) is 16.8 Å². The average molecular weight is 614 g/mol. The molecule has 1 saturated heterocycles. The Morgan fingerprint density at radius 2 is 1.30 bits per heavy atom. The summed E-state index contributed by atoms with van der Waals surface area (Å²) >= 11 is 0. The van der Waals surface area contributed by atoms with Crippen LogP contribution in [-0.2, 0) is 4.79 Å². The fourth-order valence-corrected chi connectivity index (χ4v) is 5.23. The summed E-state index contributed by atoms with van der Waals surface area (Å²) < 4.78 is 0. The van der Waals surface area contributed by atoms with Crippen LogP contribution in [0.25, 0.3) is 12.2 Å². The number of Topliss-reactive ketones (excluding diaryl/α,β-unsaturated/α-hetero) is 1. The highest BCUT2D eigenvalue weighted by Crippen LogP contribution is 2.25. The highest BCUT2D eigenvalue weighted by molar-refractivity contribution is 6.32. The second-order valence-corrected chi connectivity index (χ2v) is 12.1. The van der Waals surface area contributed by atoms with Crippen LogP contribution < -0.4 is 9.80 Å². The Kier molecular flexibility index (Phi) is 11.7. The van der Waals surface area contributed by atoms with E-state index in [9.17, 15) is 4.79 Å². The number of hydrogen-bond acceptors (Lipinski definition) is 6. The van der Waals surface area contributed by atoms with Crippen LogP contribution in [0.3, 0.4) is 0 Å². The summed E-state index contributed by atoms with van der Waals surface area (Å²) in [7, 11) is 12.4. The number of aliphatic imine (C=N–C) groups is 1. The van der Waals surface area contributed by atoms with Crippen molar-refractivity contribution in [2.75, 3.05) is 65.3 Å². The molecule has 3 aromatic rings. The van der Waals surface area contributed by atoms with Gasteiger partial charge in [-0.1, -0.05) is 91.6 Å². The molecule has 5 rings (SSSR count). The summed E-state index contributed by atoms with van der Waals surface area (Å²) in [6.45, 7) is 7.60. The van der Waals surface area contributed by atoms with Crippen LogP contribution in [0.4, 0.5) is 11.4 Å². The first-order valence-electron chi connectivity index (χ1n) is 15.6. The lowest BCUT2D eigenvalue weighted by Crippen LogP contribution is -2.45. The molecule has 6 heteroatoms. The number of allylic oxidation sites excluding steroid dienone is 4. The molecule has 0 radical (unpaired) electrons. The van der Waals surface area contributed by atoms with Crippen molar-refractivity contribution in [2.24, 2.45) is 4.99 Å². The number of likely N-dealkylation sites (N-methyl/N-ethyl adjacent to an activating group) is 2. The Bertz CT molecular complexity index is 1640. The lowest BCUT2D eigenvalue weighted by atomic mass is 10.0. The number of ketones is 1. The number of rotatable bonds is 7. The van der Waals surface area contributed by atoms with Gasteiger partial charge in [0.2, 0.25) is 0 Å². The Morgan fingerprint density at radius 3 is 1.83 bits per heavy atom. The van der Waals surface area contributed by atoms with Gasteiger partial charge in [0.05, 0.1) is 12.4 Å². The van der Waals surface area contributed by atoms with Crippen LogP contribution >= 0.6 is 0 Å². The zero-order valence-electron chi connectivity index (χ0n) is 28.3. The molecule has 0 N–H and O–H groups in total. The van der Waals surface area contributed by atoms with Gasteiger partial charge in [0.1, 0.15) is 6.54 Å². The minimum absolute atomic E-state index is 0.0708. The molecule has 46 heavy (non-hydrogen) atoms. The Balaban J connectivity index is 0.000000210. The SMILES string of the molecule is C=C1/C(=C\C=C\c2ccc(N(C)C)cc2)C(C)N(C)CN1C.CN(C)c1ccc(/C=C/C=C2/C(=O)CN=C2c2ccccc2)cc1. The zero-order valence-corrected chi connectivity index (χ0v) is 28.3. The van der Waals surface area contributed by atoms with Gasteiger partial charge in [-0.05, 0) is 61.0 Å². The first-order chi connectivity index (χ1) is 22.0. The van der Waals surface area contributed by atoms with Gasteiger partial charge in [-0.3, -0.25) is 14.7 Å². The molecule has 0 bridgehead atoms. The van der Waals surface area contributed by atoms with Gasteiger partial charge in [0.25, 0.3) is 0 Å². The summed E-state index contributed by atoms with van der Waals surface area (Å²) in [6.07, 6.45) is 12.2. The Labute approximate surface area is 275 Å². The van der Waals surface area contributed by atoms with E-state index in [1.54, 1.807) is 0 Å². The molecular weight excluding hydrogens is 566 g/mol. The highest BCUT2D eigenvalue weighted by Gasteiger charge is 2.25. The maximum Gasteiger partial charge on any atom is 0.186 e. The third-order valence-corrected chi connectivity index (χ3v) is 8.26. The van der Waals surface area contributed by atoms with Crippen LogP contribution in [0.15, 0.2) is 132 Å². The van der Waals surface area contributed by atoms with E-state index in [1.807, 2.05) is 62.7 Å². The lowest BCUT2D eigenvalue weighted by Gasteiger charge is -2.40. The predicted octanol–water partition coefficient (Wildman–Crippen LogP) is 7.19. The van der Waals surface area contributed by atoms with Crippen molar-refractivity contribution in [3.05, 3.63) is 143 Å². The predicted molar refractivity (Wildman–Crippen MR) is 198 cm³/mol. The lowest BCUT2D eigenvalue weighted by molar-refractivity contribution is -0.113. The summed E-state index contributed by atoms with van der Waals surface area (Å²) in [5, 5.41) is 0. The second kappa shape index (κ2) is 15.9. The number of hydrogen-bond donors (Lipinski definition) is 0. The van der Waals surface area contributed by atoms with Gasteiger partial charge in [0, 0.05) is 69.5 Å². The monoisotopic (exact) mass is 613 g/mol. The van der Waals surface area contributed by atoms with E-state index < -0.39 is 0 Å². The zero-order chi connectivity index (χ0) is 33.2. The first kappa shape index (κ1) is 33.9. The van der Waals surface area contributed by atoms with Gasteiger partial charge in [0.15, 0.2) is 5.78 Å². The van der Waals surface area contributed by atoms with E-state index >= 15 is 0 Å². The summed E-state index contributed by atoms with van der Waals surface area (Å²) in [4.78, 5) is 25.2.